The van der Waals surface area contributed by atoms with Crippen LogP contribution in [-0.4, -0.2) is 25.9 Å². The van der Waals surface area contributed by atoms with Crippen molar-refractivity contribution >= 4 is 9.84 Å². The summed E-state index contributed by atoms with van der Waals surface area (Å²) in [6, 6.07) is 9.27. The number of rotatable bonds is 5. The molecular weight excluding hydrogens is 346 g/mol. The standard InChI is InChI=1S/C19H20F2O3S/c20-16-6-9-18(19(21)10-16)13-4-7-17(8-5-13)25(23,24)12-15-3-1-2-14(15)11-22/h4-10,14-15,22H,1-3,11-12H2/t14-,15+/m0/s1. The number of aliphatic hydroxyl groups is 1. The number of sulfone groups is 1. The number of benzene rings is 2. The third kappa shape index (κ3) is 3.90. The Balaban J connectivity index is 1.81. The lowest BCUT2D eigenvalue weighted by atomic mass is 9.99. The zero-order valence-corrected chi connectivity index (χ0v) is 14.5. The highest BCUT2D eigenvalue weighted by molar-refractivity contribution is 7.91. The molecule has 6 heteroatoms. The zero-order valence-electron chi connectivity index (χ0n) is 13.7. The van der Waals surface area contributed by atoms with E-state index in [9.17, 15) is 22.3 Å². The van der Waals surface area contributed by atoms with Gasteiger partial charge in [-0.1, -0.05) is 18.6 Å². The molecule has 1 aliphatic carbocycles. The maximum absolute atomic E-state index is 13.8. The predicted octanol–water partition coefficient (Wildman–Crippen LogP) is 3.81. The van der Waals surface area contributed by atoms with Gasteiger partial charge in [0, 0.05) is 18.2 Å². The molecule has 0 radical (unpaired) electrons. The molecule has 134 valence electrons. The highest BCUT2D eigenvalue weighted by Crippen LogP contribution is 2.34. The van der Waals surface area contributed by atoms with Crippen molar-refractivity contribution in [2.45, 2.75) is 24.2 Å². The molecule has 0 bridgehead atoms. The third-order valence-corrected chi connectivity index (χ3v) is 6.80. The Morgan fingerprint density at radius 1 is 1.00 bits per heavy atom. The van der Waals surface area contributed by atoms with E-state index in [1.165, 1.54) is 30.3 Å². The fraction of sp³-hybridized carbons (Fsp3) is 0.368. The molecule has 25 heavy (non-hydrogen) atoms. The van der Waals surface area contributed by atoms with Gasteiger partial charge in [-0.2, -0.15) is 0 Å². The van der Waals surface area contributed by atoms with Crippen LogP contribution < -0.4 is 0 Å². The minimum Gasteiger partial charge on any atom is -0.396 e. The second-order valence-corrected chi connectivity index (χ2v) is 8.60. The van der Waals surface area contributed by atoms with E-state index in [0.29, 0.717) is 5.56 Å². The molecule has 2 atom stereocenters. The van der Waals surface area contributed by atoms with E-state index in [1.807, 2.05) is 0 Å². The fourth-order valence-electron chi connectivity index (χ4n) is 3.52. The van der Waals surface area contributed by atoms with Crippen molar-refractivity contribution in [1.82, 2.24) is 0 Å². The first-order valence-electron chi connectivity index (χ1n) is 8.30. The number of halogens is 2. The van der Waals surface area contributed by atoms with Crippen LogP contribution in [0, 0.1) is 23.5 Å². The maximum atomic E-state index is 13.8. The first kappa shape index (κ1) is 18.0. The van der Waals surface area contributed by atoms with Crippen molar-refractivity contribution in [1.29, 1.82) is 0 Å². The molecule has 0 spiro atoms. The zero-order chi connectivity index (χ0) is 18.0. The van der Waals surface area contributed by atoms with Crippen LogP contribution in [0.25, 0.3) is 11.1 Å². The summed E-state index contributed by atoms with van der Waals surface area (Å²) in [5.41, 5.74) is 0.715. The Labute approximate surface area is 146 Å². The summed E-state index contributed by atoms with van der Waals surface area (Å²) in [6.45, 7) is 0.0168. The van der Waals surface area contributed by atoms with E-state index < -0.39 is 21.5 Å². The molecule has 3 rings (SSSR count). The molecule has 2 aromatic rings. The van der Waals surface area contributed by atoms with Crippen molar-refractivity contribution < 1.29 is 22.3 Å². The quantitative estimate of drug-likeness (QED) is 0.875. The van der Waals surface area contributed by atoms with E-state index >= 15 is 0 Å². The van der Waals surface area contributed by atoms with Gasteiger partial charge in [-0.05, 0) is 54.5 Å². The van der Waals surface area contributed by atoms with Crippen LogP contribution in [0.1, 0.15) is 19.3 Å². The minimum atomic E-state index is -3.47. The van der Waals surface area contributed by atoms with Gasteiger partial charge in [-0.15, -0.1) is 0 Å². The van der Waals surface area contributed by atoms with Crippen LogP contribution in [0.15, 0.2) is 47.4 Å². The lowest BCUT2D eigenvalue weighted by molar-refractivity contribution is 0.202. The molecule has 1 saturated carbocycles. The third-order valence-electron chi connectivity index (χ3n) is 4.94. The summed E-state index contributed by atoms with van der Waals surface area (Å²) >= 11 is 0. The van der Waals surface area contributed by atoms with Gasteiger partial charge in [0.2, 0.25) is 0 Å². The predicted molar refractivity (Wildman–Crippen MR) is 91.8 cm³/mol. The molecule has 0 aromatic heterocycles. The SMILES string of the molecule is O=S(=O)(C[C@H]1CCC[C@H]1CO)c1ccc(-c2ccc(F)cc2F)cc1. The Hall–Kier alpha value is -1.79. The molecule has 3 nitrogen and oxygen atoms in total. The van der Waals surface area contributed by atoms with Gasteiger partial charge < -0.3 is 5.11 Å². The Kier molecular flexibility index (Phi) is 5.20. The van der Waals surface area contributed by atoms with Gasteiger partial charge in [0.25, 0.3) is 0 Å². The van der Waals surface area contributed by atoms with Gasteiger partial charge in [0.1, 0.15) is 11.6 Å². The summed E-state index contributed by atoms with van der Waals surface area (Å²) in [5, 5.41) is 9.35. The van der Waals surface area contributed by atoms with Gasteiger partial charge in [0.15, 0.2) is 9.84 Å². The smallest absolute Gasteiger partial charge is 0.178 e. The summed E-state index contributed by atoms with van der Waals surface area (Å²) in [7, 11) is -3.47. The van der Waals surface area contributed by atoms with Crippen LogP contribution in [0.2, 0.25) is 0 Å². The molecule has 1 fully saturated rings. The first-order chi connectivity index (χ1) is 11.9. The molecule has 0 heterocycles. The monoisotopic (exact) mass is 366 g/mol. The van der Waals surface area contributed by atoms with E-state index in [2.05, 4.69) is 0 Å². The van der Waals surface area contributed by atoms with Gasteiger partial charge in [-0.25, -0.2) is 17.2 Å². The molecular formula is C19H20F2O3S. The Morgan fingerprint density at radius 2 is 1.68 bits per heavy atom. The first-order valence-corrected chi connectivity index (χ1v) is 9.95. The molecule has 0 saturated heterocycles. The van der Waals surface area contributed by atoms with Crippen LogP contribution in [0.3, 0.4) is 0 Å². The largest absolute Gasteiger partial charge is 0.396 e. The van der Waals surface area contributed by atoms with Crippen LogP contribution in [0.5, 0.6) is 0 Å². The molecule has 2 aromatic carbocycles. The van der Waals surface area contributed by atoms with Crippen LogP contribution in [-0.2, 0) is 9.84 Å². The molecule has 1 aliphatic rings. The highest BCUT2D eigenvalue weighted by atomic mass is 32.2. The minimum absolute atomic E-state index is 0.0164. The molecule has 0 amide bonds. The van der Waals surface area contributed by atoms with Crippen molar-refractivity contribution in [3.05, 3.63) is 54.1 Å². The summed E-state index contributed by atoms with van der Waals surface area (Å²) in [6.07, 6.45) is 2.61. The Bertz CT molecular complexity index is 847. The summed E-state index contributed by atoms with van der Waals surface area (Å²) in [5.74, 6) is -1.31. The topological polar surface area (TPSA) is 54.4 Å². The van der Waals surface area contributed by atoms with Crippen molar-refractivity contribution in [3.63, 3.8) is 0 Å². The number of aliphatic hydroxyl groups excluding tert-OH is 1. The average molecular weight is 366 g/mol. The van der Waals surface area contributed by atoms with Gasteiger partial charge in [-0.3, -0.25) is 0 Å². The fourth-order valence-corrected chi connectivity index (χ4v) is 5.26. The molecule has 1 N–H and O–H groups in total. The lowest BCUT2D eigenvalue weighted by Gasteiger charge is -2.17. The second-order valence-electron chi connectivity index (χ2n) is 6.56. The van der Waals surface area contributed by atoms with E-state index in [-0.39, 0.29) is 34.7 Å². The van der Waals surface area contributed by atoms with Crippen molar-refractivity contribution in [3.8, 4) is 11.1 Å². The normalized spacial score (nSPS) is 20.8. The van der Waals surface area contributed by atoms with Crippen LogP contribution >= 0.6 is 0 Å². The highest BCUT2D eigenvalue weighted by Gasteiger charge is 2.31. The van der Waals surface area contributed by atoms with Crippen molar-refractivity contribution in [2.75, 3.05) is 12.4 Å². The maximum Gasteiger partial charge on any atom is 0.178 e. The molecule has 0 unspecified atom stereocenters. The Morgan fingerprint density at radius 3 is 2.32 bits per heavy atom. The number of hydrogen-bond acceptors (Lipinski definition) is 3. The van der Waals surface area contributed by atoms with E-state index in [0.717, 1.165) is 31.4 Å². The number of hydrogen-bond donors (Lipinski definition) is 1. The summed E-state index contributed by atoms with van der Waals surface area (Å²) in [4.78, 5) is 0.183. The van der Waals surface area contributed by atoms with Crippen molar-refractivity contribution in [2.24, 2.45) is 11.8 Å². The van der Waals surface area contributed by atoms with Gasteiger partial charge in [0.05, 0.1) is 10.6 Å². The average Bonchev–Trinajstić information content (AvgIpc) is 3.01. The molecule has 0 aliphatic heterocycles. The summed E-state index contributed by atoms with van der Waals surface area (Å²) < 4.78 is 52.0. The lowest BCUT2D eigenvalue weighted by Crippen LogP contribution is -2.22. The van der Waals surface area contributed by atoms with E-state index in [4.69, 9.17) is 0 Å². The second kappa shape index (κ2) is 7.22. The van der Waals surface area contributed by atoms with Gasteiger partial charge >= 0.3 is 0 Å². The van der Waals surface area contributed by atoms with E-state index in [1.54, 1.807) is 0 Å². The van der Waals surface area contributed by atoms with Crippen LogP contribution in [0.4, 0.5) is 8.78 Å².